The Hall–Kier alpha value is -1.33. The van der Waals surface area contributed by atoms with Crippen LogP contribution >= 0.6 is 11.6 Å². The number of aliphatic hydroxyl groups excluding tert-OH is 1. The summed E-state index contributed by atoms with van der Waals surface area (Å²) in [6.07, 6.45) is 3.88. The van der Waals surface area contributed by atoms with Gasteiger partial charge in [0.2, 0.25) is 0 Å². The third-order valence-electron chi connectivity index (χ3n) is 3.32. The molecule has 1 N–H and O–H groups in total. The Morgan fingerprint density at radius 3 is 2.74 bits per heavy atom. The van der Waals surface area contributed by atoms with E-state index in [1.54, 1.807) is 0 Å². The van der Waals surface area contributed by atoms with Crippen LogP contribution in [0.2, 0.25) is 5.02 Å². The number of hydrogen-bond acceptors (Lipinski definition) is 4. The molecule has 104 valence electrons. The van der Waals surface area contributed by atoms with Crippen molar-refractivity contribution in [1.82, 2.24) is 0 Å². The number of aliphatic hydroxyl groups is 1. The summed E-state index contributed by atoms with van der Waals surface area (Å²) in [5.74, 6) is 0.460. The summed E-state index contributed by atoms with van der Waals surface area (Å²) in [6, 6.07) is 4.26. The van der Waals surface area contributed by atoms with Crippen LogP contribution in [0, 0.1) is 10.1 Å². The van der Waals surface area contributed by atoms with Gasteiger partial charge < -0.3 is 9.84 Å². The van der Waals surface area contributed by atoms with Crippen molar-refractivity contribution in [2.45, 2.75) is 44.3 Å². The molecule has 1 aliphatic rings. The summed E-state index contributed by atoms with van der Waals surface area (Å²) >= 11 is 5.83. The molecule has 2 unspecified atom stereocenters. The Morgan fingerprint density at radius 2 is 2.05 bits per heavy atom. The average Bonchev–Trinajstić information content (AvgIpc) is 2.55. The number of benzene rings is 1. The SMILES string of the molecule is O=[N+]([O-])c1ccc(OC2CCCCCC2O)cc1Cl. The first kappa shape index (κ1) is 14.1. The molecule has 1 aromatic carbocycles. The monoisotopic (exact) mass is 285 g/mol. The molecule has 0 aromatic heterocycles. The first-order valence-corrected chi connectivity index (χ1v) is 6.74. The Balaban J connectivity index is 2.10. The highest BCUT2D eigenvalue weighted by Gasteiger charge is 2.24. The van der Waals surface area contributed by atoms with E-state index >= 15 is 0 Å². The van der Waals surface area contributed by atoms with Gasteiger partial charge in [-0.2, -0.15) is 0 Å². The van der Waals surface area contributed by atoms with Crippen LogP contribution in [0.1, 0.15) is 32.1 Å². The summed E-state index contributed by atoms with van der Waals surface area (Å²) in [5, 5.41) is 20.7. The van der Waals surface area contributed by atoms with Crippen LogP contribution in [0.25, 0.3) is 0 Å². The van der Waals surface area contributed by atoms with Gasteiger partial charge in [0.1, 0.15) is 16.9 Å². The summed E-state index contributed by atoms with van der Waals surface area (Å²) in [4.78, 5) is 10.1. The van der Waals surface area contributed by atoms with Gasteiger partial charge in [0.15, 0.2) is 0 Å². The fraction of sp³-hybridized carbons (Fsp3) is 0.538. The van der Waals surface area contributed by atoms with Crippen molar-refractivity contribution in [3.8, 4) is 5.75 Å². The maximum absolute atomic E-state index is 10.7. The third kappa shape index (κ3) is 3.58. The lowest BCUT2D eigenvalue weighted by molar-refractivity contribution is -0.384. The van der Waals surface area contributed by atoms with Crippen molar-refractivity contribution in [3.63, 3.8) is 0 Å². The number of hydrogen-bond donors (Lipinski definition) is 1. The van der Waals surface area contributed by atoms with E-state index in [0.29, 0.717) is 5.75 Å². The number of nitro benzene ring substituents is 1. The molecule has 1 fully saturated rings. The molecule has 19 heavy (non-hydrogen) atoms. The van der Waals surface area contributed by atoms with Crippen molar-refractivity contribution in [3.05, 3.63) is 33.3 Å². The van der Waals surface area contributed by atoms with Crippen LogP contribution in [0.4, 0.5) is 5.69 Å². The predicted molar refractivity (Wildman–Crippen MR) is 71.6 cm³/mol. The second kappa shape index (κ2) is 6.21. The Morgan fingerprint density at radius 1 is 1.32 bits per heavy atom. The zero-order valence-corrected chi connectivity index (χ0v) is 11.2. The Kier molecular flexibility index (Phi) is 4.61. The number of ether oxygens (including phenoxy) is 1. The highest BCUT2D eigenvalue weighted by Crippen LogP contribution is 2.30. The molecule has 1 aliphatic carbocycles. The highest BCUT2D eigenvalue weighted by molar-refractivity contribution is 6.32. The van der Waals surface area contributed by atoms with Gasteiger partial charge in [-0.25, -0.2) is 0 Å². The maximum atomic E-state index is 10.7. The largest absolute Gasteiger partial charge is 0.488 e. The van der Waals surface area contributed by atoms with Crippen LogP contribution in [0.5, 0.6) is 5.75 Å². The Labute approximate surface area is 116 Å². The molecule has 2 rings (SSSR count). The van der Waals surface area contributed by atoms with Gasteiger partial charge in [-0.3, -0.25) is 10.1 Å². The van der Waals surface area contributed by atoms with E-state index in [0.717, 1.165) is 32.1 Å². The molecular formula is C13H16ClNO4. The van der Waals surface area contributed by atoms with E-state index in [1.165, 1.54) is 18.2 Å². The minimum atomic E-state index is -0.535. The predicted octanol–water partition coefficient (Wildman–Crippen LogP) is 3.32. The van der Waals surface area contributed by atoms with Gasteiger partial charge in [0.25, 0.3) is 5.69 Å². The normalized spacial score (nSPS) is 23.7. The molecule has 1 saturated carbocycles. The molecule has 0 spiro atoms. The smallest absolute Gasteiger partial charge is 0.288 e. The van der Waals surface area contributed by atoms with E-state index in [2.05, 4.69) is 0 Å². The van der Waals surface area contributed by atoms with Gasteiger partial charge in [-0.05, 0) is 25.3 Å². The topological polar surface area (TPSA) is 72.6 Å². The van der Waals surface area contributed by atoms with Gasteiger partial charge >= 0.3 is 0 Å². The second-order valence-corrected chi connectivity index (χ2v) is 5.14. The molecule has 6 heteroatoms. The number of nitro groups is 1. The zero-order valence-electron chi connectivity index (χ0n) is 10.4. The van der Waals surface area contributed by atoms with E-state index in [-0.39, 0.29) is 16.8 Å². The fourth-order valence-corrected chi connectivity index (χ4v) is 2.51. The van der Waals surface area contributed by atoms with Gasteiger partial charge in [0.05, 0.1) is 11.0 Å². The quantitative estimate of drug-likeness (QED) is 0.525. The number of rotatable bonds is 3. The van der Waals surface area contributed by atoms with E-state index < -0.39 is 11.0 Å². The summed E-state index contributed by atoms with van der Waals surface area (Å²) in [6.45, 7) is 0. The molecule has 5 nitrogen and oxygen atoms in total. The van der Waals surface area contributed by atoms with Crippen molar-refractivity contribution in [1.29, 1.82) is 0 Å². The molecule has 0 saturated heterocycles. The first-order valence-electron chi connectivity index (χ1n) is 6.36. The van der Waals surface area contributed by atoms with E-state index in [1.807, 2.05) is 0 Å². The lowest BCUT2D eigenvalue weighted by atomic mass is 10.1. The summed E-state index contributed by atoms with van der Waals surface area (Å²) < 4.78 is 5.71. The lowest BCUT2D eigenvalue weighted by Gasteiger charge is -2.22. The standard InChI is InChI=1S/C13H16ClNO4/c14-10-8-9(6-7-11(10)15(17)18)19-13-5-3-1-2-4-12(13)16/h6-8,12-13,16H,1-5H2. The van der Waals surface area contributed by atoms with Crippen LogP contribution in [-0.4, -0.2) is 22.2 Å². The van der Waals surface area contributed by atoms with Crippen molar-refractivity contribution in [2.24, 2.45) is 0 Å². The average molecular weight is 286 g/mol. The minimum Gasteiger partial charge on any atom is -0.488 e. The van der Waals surface area contributed by atoms with Crippen molar-refractivity contribution >= 4 is 17.3 Å². The maximum Gasteiger partial charge on any atom is 0.288 e. The summed E-state index contributed by atoms with van der Waals surface area (Å²) in [5.41, 5.74) is -0.143. The molecule has 0 radical (unpaired) electrons. The van der Waals surface area contributed by atoms with E-state index in [9.17, 15) is 15.2 Å². The van der Waals surface area contributed by atoms with E-state index in [4.69, 9.17) is 16.3 Å². The molecule has 2 atom stereocenters. The fourth-order valence-electron chi connectivity index (χ4n) is 2.28. The third-order valence-corrected chi connectivity index (χ3v) is 3.62. The minimum absolute atomic E-state index is 0.0469. The number of nitrogens with zero attached hydrogens (tertiary/aromatic N) is 1. The molecule has 0 bridgehead atoms. The first-order chi connectivity index (χ1) is 9.08. The zero-order chi connectivity index (χ0) is 13.8. The van der Waals surface area contributed by atoms with Crippen LogP contribution in [0.15, 0.2) is 18.2 Å². The molecule has 0 amide bonds. The lowest BCUT2D eigenvalue weighted by Crippen LogP contribution is -2.30. The molecule has 0 heterocycles. The molecule has 0 aliphatic heterocycles. The molecule has 1 aromatic rings. The number of halogens is 1. The van der Waals surface area contributed by atoms with Gasteiger partial charge in [0, 0.05) is 12.1 Å². The molecular weight excluding hydrogens is 270 g/mol. The Bertz CT molecular complexity index is 466. The van der Waals surface area contributed by atoms with Gasteiger partial charge in [-0.15, -0.1) is 0 Å². The van der Waals surface area contributed by atoms with Crippen molar-refractivity contribution in [2.75, 3.05) is 0 Å². The highest BCUT2D eigenvalue weighted by atomic mass is 35.5. The van der Waals surface area contributed by atoms with Crippen LogP contribution in [-0.2, 0) is 0 Å². The van der Waals surface area contributed by atoms with Crippen LogP contribution in [0.3, 0.4) is 0 Å². The van der Waals surface area contributed by atoms with Crippen LogP contribution < -0.4 is 4.74 Å². The van der Waals surface area contributed by atoms with Gasteiger partial charge in [-0.1, -0.05) is 24.4 Å². The summed E-state index contributed by atoms with van der Waals surface area (Å²) in [7, 11) is 0. The second-order valence-electron chi connectivity index (χ2n) is 4.73. The van der Waals surface area contributed by atoms with Crippen molar-refractivity contribution < 1.29 is 14.8 Å².